The average Bonchev–Trinajstić information content (AvgIpc) is 2.49. The number of benzene rings is 1. The molecule has 0 aliphatic carbocycles. The number of amides is 1. The van der Waals surface area contributed by atoms with Gasteiger partial charge in [-0.2, -0.15) is 0 Å². The van der Waals surface area contributed by atoms with E-state index < -0.39 is 12.2 Å². The van der Waals surface area contributed by atoms with Gasteiger partial charge in [0.25, 0.3) is 0 Å². The van der Waals surface area contributed by atoms with E-state index in [-0.39, 0.29) is 17.5 Å². The van der Waals surface area contributed by atoms with E-state index in [1.54, 1.807) is 12.1 Å². The molecule has 0 spiro atoms. The third-order valence-corrected chi connectivity index (χ3v) is 3.51. The lowest BCUT2D eigenvalue weighted by atomic mass is 9.94. The van der Waals surface area contributed by atoms with Gasteiger partial charge in [-0.05, 0) is 37.1 Å². The molecule has 1 aliphatic rings. The minimum Gasteiger partial charge on any atom is -0.506 e. The van der Waals surface area contributed by atoms with E-state index in [9.17, 15) is 15.0 Å². The number of ether oxygens (including phenoxy) is 1. The van der Waals surface area contributed by atoms with Crippen molar-refractivity contribution in [2.45, 2.75) is 31.4 Å². The first kappa shape index (κ1) is 14.6. The number of phenols is 1. The Morgan fingerprint density at radius 3 is 2.95 bits per heavy atom. The van der Waals surface area contributed by atoms with Crippen LogP contribution in [0.1, 0.15) is 30.9 Å². The Hall–Kier alpha value is -1.79. The molecule has 4 N–H and O–H groups in total. The predicted octanol–water partition coefficient (Wildman–Crippen LogP) is 1.75. The molecule has 110 valence electrons. The molecule has 20 heavy (non-hydrogen) atoms. The summed E-state index contributed by atoms with van der Waals surface area (Å²) in [6.07, 6.45) is 1.77. The maximum Gasteiger partial charge on any atom is 0.411 e. The Labute approximate surface area is 117 Å². The van der Waals surface area contributed by atoms with Gasteiger partial charge in [-0.25, -0.2) is 4.79 Å². The lowest BCUT2D eigenvalue weighted by Gasteiger charge is -2.28. The molecule has 0 saturated carbocycles. The zero-order chi connectivity index (χ0) is 14.5. The van der Waals surface area contributed by atoms with Crippen LogP contribution in [0, 0.1) is 0 Å². The molecule has 1 heterocycles. The van der Waals surface area contributed by atoms with Crippen LogP contribution < -0.4 is 10.6 Å². The molecular weight excluding hydrogens is 260 g/mol. The highest BCUT2D eigenvalue weighted by Gasteiger charge is 2.23. The quantitative estimate of drug-likeness (QED) is 0.633. The molecule has 0 bridgehead atoms. The maximum absolute atomic E-state index is 11.2. The van der Waals surface area contributed by atoms with Crippen LogP contribution in [0.25, 0.3) is 0 Å². The molecule has 1 aromatic rings. The van der Waals surface area contributed by atoms with Gasteiger partial charge in [0, 0.05) is 6.04 Å². The summed E-state index contributed by atoms with van der Waals surface area (Å²) in [6, 6.07) is 4.66. The van der Waals surface area contributed by atoms with E-state index in [1.165, 1.54) is 13.2 Å². The van der Waals surface area contributed by atoms with E-state index in [2.05, 4.69) is 15.4 Å². The molecular formula is C14H20N2O4. The number of aliphatic hydroxyl groups excluding tert-OH is 1. The van der Waals surface area contributed by atoms with Crippen molar-refractivity contribution in [2.24, 2.45) is 0 Å². The Morgan fingerprint density at radius 2 is 2.30 bits per heavy atom. The van der Waals surface area contributed by atoms with E-state index in [1.807, 2.05) is 0 Å². The van der Waals surface area contributed by atoms with Crippen molar-refractivity contribution in [2.75, 3.05) is 19.0 Å². The van der Waals surface area contributed by atoms with Gasteiger partial charge >= 0.3 is 6.09 Å². The van der Waals surface area contributed by atoms with Crippen LogP contribution >= 0.6 is 0 Å². The van der Waals surface area contributed by atoms with Crippen LogP contribution in [0.4, 0.5) is 10.5 Å². The summed E-state index contributed by atoms with van der Waals surface area (Å²) in [5.74, 6) is -0.0667. The highest BCUT2D eigenvalue weighted by atomic mass is 16.5. The standard InChI is InChI=1S/C14H20N2O4/c1-20-14(19)16-11-8-9(5-6-12(11)17)13(18)10-4-2-3-7-15-10/h5-6,8,10,13,15,17-18H,2-4,7H2,1H3,(H,16,19). The molecule has 1 fully saturated rings. The van der Waals surface area contributed by atoms with Crippen molar-refractivity contribution < 1.29 is 19.7 Å². The van der Waals surface area contributed by atoms with Gasteiger partial charge in [0.2, 0.25) is 0 Å². The third kappa shape index (κ3) is 3.40. The van der Waals surface area contributed by atoms with E-state index in [0.29, 0.717) is 5.56 Å². The topological polar surface area (TPSA) is 90.8 Å². The van der Waals surface area contributed by atoms with Gasteiger partial charge < -0.3 is 20.3 Å². The Kier molecular flexibility index (Phi) is 4.81. The molecule has 1 amide bonds. The van der Waals surface area contributed by atoms with Crippen LogP contribution in [0.2, 0.25) is 0 Å². The zero-order valence-electron chi connectivity index (χ0n) is 11.4. The van der Waals surface area contributed by atoms with Gasteiger partial charge in [-0.1, -0.05) is 12.5 Å². The number of anilines is 1. The van der Waals surface area contributed by atoms with Crippen molar-refractivity contribution in [1.82, 2.24) is 5.32 Å². The molecule has 6 nitrogen and oxygen atoms in total. The van der Waals surface area contributed by atoms with Crippen molar-refractivity contribution in [3.8, 4) is 5.75 Å². The molecule has 2 rings (SSSR count). The molecule has 0 radical (unpaired) electrons. The summed E-state index contributed by atoms with van der Waals surface area (Å²) >= 11 is 0. The van der Waals surface area contributed by atoms with Crippen LogP contribution in [0.15, 0.2) is 18.2 Å². The molecule has 1 aliphatic heterocycles. The highest BCUT2D eigenvalue weighted by Crippen LogP contribution is 2.30. The van der Waals surface area contributed by atoms with Gasteiger partial charge in [0.05, 0.1) is 18.9 Å². The van der Waals surface area contributed by atoms with Gasteiger partial charge in [0.1, 0.15) is 5.75 Å². The zero-order valence-corrected chi connectivity index (χ0v) is 11.4. The van der Waals surface area contributed by atoms with E-state index in [0.717, 1.165) is 25.8 Å². The van der Waals surface area contributed by atoms with Crippen LogP contribution in [-0.2, 0) is 4.74 Å². The molecule has 2 unspecified atom stereocenters. The highest BCUT2D eigenvalue weighted by molar-refractivity contribution is 5.86. The minimum absolute atomic E-state index is 0.000676. The SMILES string of the molecule is COC(=O)Nc1cc(C(O)C2CCCCN2)ccc1O. The van der Waals surface area contributed by atoms with Gasteiger partial charge in [-0.3, -0.25) is 5.32 Å². The van der Waals surface area contributed by atoms with Crippen molar-refractivity contribution in [1.29, 1.82) is 0 Å². The number of aromatic hydroxyl groups is 1. The minimum atomic E-state index is -0.672. The smallest absolute Gasteiger partial charge is 0.411 e. The number of hydrogen-bond donors (Lipinski definition) is 4. The number of carbonyl (C=O) groups excluding carboxylic acids is 1. The number of phenolic OH excluding ortho intramolecular Hbond substituents is 1. The average molecular weight is 280 g/mol. The number of hydrogen-bond acceptors (Lipinski definition) is 5. The van der Waals surface area contributed by atoms with Crippen molar-refractivity contribution >= 4 is 11.8 Å². The second-order valence-electron chi connectivity index (χ2n) is 4.89. The first-order valence-electron chi connectivity index (χ1n) is 6.71. The predicted molar refractivity (Wildman–Crippen MR) is 74.7 cm³/mol. The maximum atomic E-state index is 11.2. The first-order valence-corrected chi connectivity index (χ1v) is 6.71. The van der Waals surface area contributed by atoms with E-state index in [4.69, 9.17) is 0 Å². The largest absolute Gasteiger partial charge is 0.506 e. The van der Waals surface area contributed by atoms with Gasteiger partial charge in [0.15, 0.2) is 0 Å². The Bertz CT molecular complexity index is 472. The molecule has 0 aromatic heterocycles. The fraction of sp³-hybridized carbons (Fsp3) is 0.500. The Balaban J connectivity index is 2.15. The van der Waals surface area contributed by atoms with E-state index >= 15 is 0 Å². The van der Waals surface area contributed by atoms with Gasteiger partial charge in [-0.15, -0.1) is 0 Å². The molecule has 1 saturated heterocycles. The fourth-order valence-electron chi connectivity index (χ4n) is 2.38. The number of piperidine rings is 1. The van der Waals surface area contributed by atoms with Crippen LogP contribution in [-0.4, -0.2) is 36.0 Å². The van der Waals surface area contributed by atoms with Crippen molar-refractivity contribution in [3.05, 3.63) is 23.8 Å². The second kappa shape index (κ2) is 6.58. The lowest BCUT2D eigenvalue weighted by Crippen LogP contribution is -2.38. The number of aliphatic hydroxyl groups is 1. The molecule has 2 atom stereocenters. The second-order valence-corrected chi connectivity index (χ2v) is 4.89. The molecule has 6 heteroatoms. The summed E-state index contributed by atoms with van der Waals surface area (Å²) in [6.45, 7) is 0.896. The van der Waals surface area contributed by atoms with Crippen molar-refractivity contribution in [3.63, 3.8) is 0 Å². The number of methoxy groups -OCH3 is 1. The summed E-state index contributed by atoms with van der Waals surface area (Å²) in [7, 11) is 1.25. The molecule has 1 aromatic carbocycles. The summed E-state index contributed by atoms with van der Waals surface area (Å²) in [5.41, 5.74) is 0.873. The summed E-state index contributed by atoms with van der Waals surface area (Å²) in [5, 5.41) is 25.8. The number of rotatable bonds is 3. The monoisotopic (exact) mass is 280 g/mol. The third-order valence-electron chi connectivity index (χ3n) is 3.51. The van der Waals surface area contributed by atoms with Crippen LogP contribution in [0.5, 0.6) is 5.75 Å². The first-order chi connectivity index (χ1) is 9.61. The normalized spacial score (nSPS) is 20.2. The lowest BCUT2D eigenvalue weighted by molar-refractivity contribution is 0.114. The number of nitrogens with one attached hydrogen (secondary N) is 2. The summed E-state index contributed by atoms with van der Waals surface area (Å²) < 4.78 is 4.49. The Morgan fingerprint density at radius 1 is 1.50 bits per heavy atom. The summed E-state index contributed by atoms with van der Waals surface area (Å²) in [4.78, 5) is 11.2. The van der Waals surface area contributed by atoms with Crippen LogP contribution in [0.3, 0.4) is 0 Å². The number of carbonyl (C=O) groups is 1. The fourth-order valence-corrected chi connectivity index (χ4v) is 2.38.